The van der Waals surface area contributed by atoms with Gasteiger partial charge in [-0.15, -0.1) is 0 Å². The Balaban J connectivity index is 1.55. The molecule has 1 N–H and O–H groups in total. The number of esters is 1. The molecule has 1 amide bonds. The Labute approximate surface area is 185 Å². The molecule has 0 radical (unpaired) electrons. The molecule has 4 aromatic rings. The quantitative estimate of drug-likeness (QED) is 0.352. The molecule has 0 fully saturated rings. The lowest BCUT2D eigenvalue weighted by Crippen LogP contribution is -2.29. The number of carbonyl (C=O) groups excluding carboxylic acids is 3. The summed E-state index contributed by atoms with van der Waals surface area (Å²) in [7, 11) is 1.64. The number of para-hydroxylation sites is 2. The van der Waals surface area contributed by atoms with Gasteiger partial charge >= 0.3 is 5.97 Å². The van der Waals surface area contributed by atoms with Gasteiger partial charge in [-0.2, -0.15) is 0 Å². The summed E-state index contributed by atoms with van der Waals surface area (Å²) in [4.78, 5) is 43.4. The molecular formula is C26H22N2O4. The minimum atomic E-state index is -1.02. The number of carbonyl (C=O) groups is 3. The fourth-order valence-electron chi connectivity index (χ4n) is 3.57. The predicted molar refractivity (Wildman–Crippen MR) is 123 cm³/mol. The molecule has 0 spiro atoms. The number of benzene rings is 3. The number of anilines is 1. The molecule has 3 aromatic carbocycles. The molecule has 1 aromatic heterocycles. The highest BCUT2D eigenvalue weighted by Gasteiger charge is 2.26. The molecule has 6 heteroatoms. The molecule has 1 atom stereocenters. The highest BCUT2D eigenvalue weighted by molar-refractivity contribution is 6.13. The highest BCUT2D eigenvalue weighted by Crippen LogP contribution is 2.22. The lowest BCUT2D eigenvalue weighted by Gasteiger charge is -2.19. The van der Waals surface area contributed by atoms with Crippen LogP contribution in [0.1, 0.15) is 38.0 Å². The second-order valence-electron chi connectivity index (χ2n) is 7.41. The summed E-state index contributed by atoms with van der Waals surface area (Å²) < 4.78 is 5.47. The van der Waals surface area contributed by atoms with Crippen LogP contribution in [0.15, 0.2) is 85.1 Å². The van der Waals surface area contributed by atoms with Gasteiger partial charge in [0.25, 0.3) is 5.91 Å². The van der Waals surface area contributed by atoms with E-state index in [0.29, 0.717) is 11.3 Å². The fraction of sp³-hybridized carbons (Fsp3) is 0.115. The third-order valence-corrected chi connectivity index (χ3v) is 5.33. The zero-order valence-electron chi connectivity index (χ0n) is 17.7. The second-order valence-corrected chi connectivity index (χ2v) is 7.41. The zero-order chi connectivity index (χ0) is 22.7. The lowest BCUT2D eigenvalue weighted by atomic mass is 10.0. The number of nitrogens with zero attached hydrogens (tertiary/aromatic N) is 1. The van der Waals surface area contributed by atoms with Crippen molar-refractivity contribution in [1.82, 2.24) is 4.98 Å². The van der Waals surface area contributed by atoms with Crippen molar-refractivity contribution in [2.45, 2.75) is 13.0 Å². The van der Waals surface area contributed by atoms with Gasteiger partial charge in [0.1, 0.15) is 0 Å². The summed E-state index contributed by atoms with van der Waals surface area (Å²) in [6.07, 6.45) is 0.598. The van der Waals surface area contributed by atoms with Crippen molar-refractivity contribution in [3.8, 4) is 0 Å². The largest absolute Gasteiger partial charge is 0.451 e. The normalized spacial score (nSPS) is 11.7. The van der Waals surface area contributed by atoms with E-state index in [2.05, 4.69) is 4.98 Å². The summed E-state index contributed by atoms with van der Waals surface area (Å²) >= 11 is 0. The standard InChI is InChI=1S/C26H22N2O4/c1-17(24(29)22-16-27-23-15-9-8-12-19(22)23)32-26(31)21-14-7-6-13-20(21)25(30)28(2)18-10-4-3-5-11-18/h3-17,27H,1-2H3/t17-/m1/s1. The SMILES string of the molecule is C[C@@H](OC(=O)c1ccccc1C(=O)N(C)c1ccccc1)C(=O)c1c[nH]c2ccccc12. The van der Waals surface area contributed by atoms with E-state index in [1.54, 1.807) is 43.6 Å². The van der Waals surface area contributed by atoms with Gasteiger partial charge in [0, 0.05) is 35.4 Å². The summed E-state index contributed by atoms with van der Waals surface area (Å²) in [6, 6.07) is 23.0. The number of hydrogen-bond donors (Lipinski definition) is 1. The van der Waals surface area contributed by atoms with Crippen LogP contribution in [0.5, 0.6) is 0 Å². The molecule has 0 aliphatic heterocycles. The first kappa shape index (κ1) is 21.1. The van der Waals surface area contributed by atoms with E-state index in [-0.39, 0.29) is 22.8 Å². The van der Waals surface area contributed by atoms with Gasteiger partial charge in [0.2, 0.25) is 5.78 Å². The number of Topliss-reactive ketones (excluding diaryl/α,β-unsaturated/α-hetero) is 1. The number of hydrogen-bond acceptors (Lipinski definition) is 4. The van der Waals surface area contributed by atoms with E-state index in [1.165, 1.54) is 17.9 Å². The predicted octanol–water partition coefficient (Wildman–Crippen LogP) is 4.87. The van der Waals surface area contributed by atoms with Gasteiger partial charge in [0.05, 0.1) is 11.1 Å². The summed E-state index contributed by atoms with van der Waals surface area (Å²) in [5, 5.41) is 0.764. The molecule has 0 saturated carbocycles. The van der Waals surface area contributed by atoms with Crippen LogP contribution in [0.3, 0.4) is 0 Å². The maximum absolute atomic E-state index is 13.1. The smallest absolute Gasteiger partial charge is 0.339 e. The third kappa shape index (κ3) is 4.03. The van der Waals surface area contributed by atoms with Crippen molar-refractivity contribution in [1.29, 1.82) is 0 Å². The van der Waals surface area contributed by atoms with Crippen LogP contribution in [0.25, 0.3) is 10.9 Å². The van der Waals surface area contributed by atoms with Crippen molar-refractivity contribution < 1.29 is 19.1 Å². The van der Waals surface area contributed by atoms with Crippen molar-refractivity contribution in [2.24, 2.45) is 0 Å². The van der Waals surface area contributed by atoms with Gasteiger partial charge in [-0.05, 0) is 37.3 Å². The summed E-state index contributed by atoms with van der Waals surface area (Å²) in [5.41, 5.74) is 2.29. The molecular weight excluding hydrogens is 404 g/mol. The van der Waals surface area contributed by atoms with Crippen LogP contribution in [0.2, 0.25) is 0 Å². The molecule has 4 rings (SSSR count). The number of rotatable bonds is 6. The maximum atomic E-state index is 13.1. The van der Waals surface area contributed by atoms with Crippen molar-refractivity contribution in [2.75, 3.05) is 11.9 Å². The van der Waals surface area contributed by atoms with Crippen LogP contribution in [-0.4, -0.2) is 35.8 Å². The Morgan fingerprint density at radius 3 is 2.19 bits per heavy atom. The minimum absolute atomic E-state index is 0.110. The van der Waals surface area contributed by atoms with Crippen LogP contribution in [0, 0.1) is 0 Å². The fourth-order valence-corrected chi connectivity index (χ4v) is 3.57. The first-order valence-corrected chi connectivity index (χ1v) is 10.2. The number of fused-ring (bicyclic) bond motifs is 1. The Morgan fingerprint density at radius 2 is 1.44 bits per heavy atom. The Kier molecular flexibility index (Phi) is 5.85. The van der Waals surface area contributed by atoms with Gasteiger partial charge in [0.15, 0.2) is 6.10 Å². The van der Waals surface area contributed by atoms with E-state index >= 15 is 0 Å². The lowest BCUT2D eigenvalue weighted by molar-refractivity contribution is 0.0318. The molecule has 32 heavy (non-hydrogen) atoms. The van der Waals surface area contributed by atoms with Crippen LogP contribution in [0.4, 0.5) is 5.69 Å². The van der Waals surface area contributed by atoms with E-state index in [1.807, 2.05) is 42.5 Å². The van der Waals surface area contributed by atoms with Crippen molar-refractivity contribution in [3.05, 3.63) is 102 Å². The van der Waals surface area contributed by atoms with E-state index in [0.717, 1.165) is 10.9 Å². The maximum Gasteiger partial charge on any atom is 0.339 e. The Bertz CT molecular complexity index is 1290. The van der Waals surface area contributed by atoms with Crippen LogP contribution < -0.4 is 4.90 Å². The monoisotopic (exact) mass is 426 g/mol. The number of aromatic amines is 1. The molecule has 1 heterocycles. The van der Waals surface area contributed by atoms with Crippen LogP contribution in [-0.2, 0) is 4.74 Å². The molecule has 0 saturated heterocycles. The zero-order valence-corrected chi connectivity index (χ0v) is 17.7. The van der Waals surface area contributed by atoms with Gasteiger partial charge in [-0.1, -0.05) is 48.5 Å². The van der Waals surface area contributed by atoms with E-state index < -0.39 is 12.1 Å². The molecule has 0 aliphatic rings. The van der Waals surface area contributed by atoms with Gasteiger partial charge < -0.3 is 14.6 Å². The molecule has 0 unspecified atom stereocenters. The first-order valence-electron chi connectivity index (χ1n) is 10.2. The molecule has 0 bridgehead atoms. The number of ketones is 1. The summed E-state index contributed by atoms with van der Waals surface area (Å²) in [5.74, 6) is -1.39. The van der Waals surface area contributed by atoms with Crippen molar-refractivity contribution >= 4 is 34.3 Å². The molecule has 0 aliphatic carbocycles. The van der Waals surface area contributed by atoms with Gasteiger partial charge in [-0.3, -0.25) is 9.59 Å². The average Bonchev–Trinajstić information content (AvgIpc) is 3.27. The van der Waals surface area contributed by atoms with Crippen molar-refractivity contribution in [3.63, 3.8) is 0 Å². The number of aromatic nitrogens is 1. The topological polar surface area (TPSA) is 79.5 Å². The first-order chi connectivity index (χ1) is 15.5. The number of amides is 1. The Morgan fingerprint density at radius 1 is 0.812 bits per heavy atom. The minimum Gasteiger partial charge on any atom is -0.451 e. The van der Waals surface area contributed by atoms with E-state index in [9.17, 15) is 14.4 Å². The number of ether oxygens (including phenoxy) is 1. The molecule has 160 valence electrons. The third-order valence-electron chi connectivity index (χ3n) is 5.33. The van der Waals surface area contributed by atoms with Crippen LogP contribution >= 0.6 is 0 Å². The number of H-pyrrole nitrogens is 1. The average molecular weight is 426 g/mol. The summed E-state index contributed by atoms with van der Waals surface area (Å²) in [6.45, 7) is 1.53. The van der Waals surface area contributed by atoms with Gasteiger partial charge in [-0.25, -0.2) is 4.79 Å². The molecule has 6 nitrogen and oxygen atoms in total. The highest BCUT2D eigenvalue weighted by atomic mass is 16.5. The second kappa shape index (κ2) is 8.89. The van der Waals surface area contributed by atoms with E-state index in [4.69, 9.17) is 4.74 Å². The number of nitrogens with one attached hydrogen (secondary N) is 1. The Hall–Kier alpha value is -4.19.